The third kappa shape index (κ3) is 3.25. The summed E-state index contributed by atoms with van der Waals surface area (Å²) in [6.45, 7) is 4.62. The Bertz CT molecular complexity index is 655. The topological polar surface area (TPSA) is 107 Å². The summed E-state index contributed by atoms with van der Waals surface area (Å²) in [5.41, 5.74) is 6.61. The van der Waals surface area contributed by atoms with Gasteiger partial charge in [-0.15, -0.1) is 0 Å². The number of aromatic nitrogens is 2. The number of nitro groups is 1. The summed E-state index contributed by atoms with van der Waals surface area (Å²) < 4.78 is 0. The third-order valence-corrected chi connectivity index (χ3v) is 3.85. The minimum Gasteiger partial charge on any atom is -0.368 e. The van der Waals surface area contributed by atoms with Gasteiger partial charge in [0.2, 0.25) is 0 Å². The fourth-order valence-electron chi connectivity index (χ4n) is 2.06. The van der Waals surface area contributed by atoms with Crippen molar-refractivity contribution in [3.8, 4) is 0 Å². The molecule has 0 spiro atoms. The lowest BCUT2D eigenvalue weighted by molar-refractivity contribution is -0.384. The molecule has 0 bridgehead atoms. The molecule has 0 fully saturated rings. The molecule has 0 amide bonds. The molecule has 0 aliphatic heterocycles. The van der Waals surface area contributed by atoms with Gasteiger partial charge in [-0.1, -0.05) is 13.8 Å². The van der Waals surface area contributed by atoms with Gasteiger partial charge >= 0.3 is 0 Å². The van der Waals surface area contributed by atoms with E-state index in [1.807, 2.05) is 13.8 Å². The van der Waals surface area contributed by atoms with Crippen molar-refractivity contribution in [3.05, 3.63) is 34.6 Å². The van der Waals surface area contributed by atoms with Gasteiger partial charge in [0, 0.05) is 29.6 Å². The first-order valence-corrected chi connectivity index (χ1v) is 6.91. The van der Waals surface area contributed by atoms with Crippen LogP contribution in [0.4, 0.5) is 11.5 Å². The van der Waals surface area contributed by atoms with Crippen molar-refractivity contribution >= 4 is 22.4 Å². The molecule has 1 heterocycles. The molecule has 7 heteroatoms. The molecular formula is C14H19N5O2. The zero-order valence-corrected chi connectivity index (χ0v) is 12.2. The molecule has 7 nitrogen and oxygen atoms in total. The Labute approximate surface area is 122 Å². The van der Waals surface area contributed by atoms with Crippen LogP contribution in [0.1, 0.15) is 26.7 Å². The van der Waals surface area contributed by atoms with E-state index in [2.05, 4.69) is 15.3 Å². The fraction of sp³-hybridized carbons (Fsp3) is 0.429. The van der Waals surface area contributed by atoms with E-state index in [1.165, 1.54) is 18.5 Å². The number of fused-ring (bicyclic) bond motifs is 1. The summed E-state index contributed by atoms with van der Waals surface area (Å²) in [5, 5.41) is 14.7. The van der Waals surface area contributed by atoms with E-state index in [0.717, 1.165) is 12.8 Å². The monoisotopic (exact) mass is 289 g/mol. The Morgan fingerprint density at radius 1 is 1.33 bits per heavy atom. The van der Waals surface area contributed by atoms with Crippen LogP contribution in [0.25, 0.3) is 10.9 Å². The van der Waals surface area contributed by atoms with Gasteiger partial charge in [-0.05, 0) is 18.9 Å². The van der Waals surface area contributed by atoms with Gasteiger partial charge in [0.25, 0.3) is 5.69 Å². The van der Waals surface area contributed by atoms with Crippen molar-refractivity contribution in [1.82, 2.24) is 9.97 Å². The number of nitrogens with one attached hydrogen (secondary N) is 1. The number of hydrogen-bond acceptors (Lipinski definition) is 6. The Morgan fingerprint density at radius 3 is 2.67 bits per heavy atom. The maximum absolute atomic E-state index is 10.9. The van der Waals surface area contributed by atoms with Gasteiger partial charge in [-0.2, -0.15) is 0 Å². The van der Waals surface area contributed by atoms with Crippen LogP contribution in [-0.4, -0.2) is 27.0 Å². The molecule has 0 aliphatic rings. The smallest absolute Gasteiger partial charge is 0.270 e. The third-order valence-electron chi connectivity index (χ3n) is 3.85. The molecule has 1 aromatic carbocycles. The zero-order valence-electron chi connectivity index (χ0n) is 12.2. The Kier molecular flexibility index (Phi) is 4.32. The molecule has 3 N–H and O–H groups in total. The van der Waals surface area contributed by atoms with Gasteiger partial charge < -0.3 is 11.1 Å². The average molecular weight is 289 g/mol. The van der Waals surface area contributed by atoms with E-state index in [9.17, 15) is 10.1 Å². The minimum absolute atomic E-state index is 0.0188. The van der Waals surface area contributed by atoms with E-state index in [1.54, 1.807) is 6.07 Å². The highest BCUT2D eigenvalue weighted by molar-refractivity contribution is 5.90. The first-order chi connectivity index (χ1) is 9.99. The van der Waals surface area contributed by atoms with E-state index >= 15 is 0 Å². The largest absolute Gasteiger partial charge is 0.368 e. The number of nitrogens with two attached hydrogens (primary N) is 1. The molecule has 0 saturated carbocycles. The first kappa shape index (κ1) is 15.1. The van der Waals surface area contributed by atoms with Crippen LogP contribution >= 0.6 is 0 Å². The summed E-state index contributed by atoms with van der Waals surface area (Å²) in [5.74, 6) is 0.570. The SMILES string of the molecule is CCC(N)(CC)CNc1ncnc2ccc([N+](=O)[O-])cc12. The van der Waals surface area contributed by atoms with Crippen LogP contribution in [0, 0.1) is 10.1 Å². The van der Waals surface area contributed by atoms with E-state index in [0.29, 0.717) is 23.3 Å². The second-order valence-corrected chi connectivity index (χ2v) is 5.10. The van der Waals surface area contributed by atoms with Crippen molar-refractivity contribution in [2.75, 3.05) is 11.9 Å². The molecule has 21 heavy (non-hydrogen) atoms. The number of nitro benzene ring substituents is 1. The molecule has 0 saturated heterocycles. The fourth-order valence-corrected chi connectivity index (χ4v) is 2.06. The zero-order chi connectivity index (χ0) is 15.5. The minimum atomic E-state index is -0.429. The van der Waals surface area contributed by atoms with Crippen molar-refractivity contribution < 1.29 is 4.92 Å². The normalized spacial score (nSPS) is 11.6. The van der Waals surface area contributed by atoms with Crippen molar-refractivity contribution in [3.63, 3.8) is 0 Å². The first-order valence-electron chi connectivity index (χ1n) is 6.91. The predicted octanol–water partition coefficient (Wildman–Crippen LogP) is 2.47. The maximum atomic E-state index is 10.9. The lowest BCUT2D eigenvalue weighted by atomic mass is 9.94. The quantitative estimate of drug-likeness (QED) is 0.625. The van der Waals surface area contributed by atoms with Crippen LogP contribution in [0.3, 0.4) is 0 Å². The highest BCUT2D eigenvalue weighted by Crippen LogP contribution is 2.25. The number of nitrogens with zero attached hydrogens (tertiary/aromatic N) is 3. The highest BCUT2D eigenvalue weighted by atomic mass is 16.6. The molecule has 2 aromatic rings. The lowest BCUT2D eigenvalue weighted by Crippen LogP contribution is -2.45. The van der Waals surface area contributed by atoms with Crippen LogP contribution in [0.5, 0.6) is 0 Å². The molecule has 0 radical (unpaired) electrons. The number of hydrogen-bond donors (Lipinski definition) is 2. The molecule has 0 aliphatic carbocycles. The lowest BCUT2D eigenvalue weighted by Gasteiger charge is -2.27. The molecule has 0 atom stereocenters. The second-order valence-electron chi connectivity index (χ2n) is 5.10. The van der Waals surface area contributed by atoms with E-state index < -0.39 is 4.92 Å². The van der Waals surface area contributed by atoms with E-state index in [4.69, 9.17) is 5.73 Å². The number of rotatable bonds is 6. The van der Waals surface area contributed by atoms with Gasteiger partial charge in [-0.3, -0.25) is 10.1 Å². The number of anilines is 1. The summed E-state index contributed by atoms with van der Waals surface area (Å²) in [6.07, 6.45) is 3.10. The summed E-state index contributed by atoms with van der Waals surface area (Å²) >= 11 is 0. The standard InChI is InChI=1S/C14H19N5O2/c1-3-14(15,4-2)8-16-13-11-7-10(19(20)21)5-6-12(11)17-9-18-13/h5-7,9H,3-4,8,15H2,1-2H3,(H,16,17,18). The summed E-state index contributed by atoms with van der Waals surface area (Å²) in [7, 11) is 0. The molecule has 2 rings (SSSR count). The highest BCUT2D eigenvalue weighted by Gasteiger charge is 2.20. The Balaban J connectivity index is 2.35. The van der Waals surface area contributed by atoms with Crippen molar-refractivity contribution in [2.24, 2.45) is 5.73 Å². The maximum Gasteiger partial charge on any atom is 0.270 e. The molecule has 0 unspecified atom stereocenters. The van der Waals surface area contributed by atoms with Crippen LogP contribution in [-0.2, 0) is 0 Å². The summed E-state index contributed by atoms with van der Waals surface area (Å²) in [4.78, 5) is 18.8. The Hall–Kier alpha value is -2.28. The van der Waals surface area contributed by atoms with Crippen LogP contribution < -0.4 is 11.1 Å². The molecular weight excluding hydrogens is 270 g/mol. The van der Waals surface area contributed by atoms with Gasteiger partial charge in [0.1, 0.15) is 12.1 Å². The van der Waals surface area contributed by atoms with Gasteiger partial charge in [0.05, 0.1) is 10.4 Å². The predicted molar refractivity (Wildman–Crippen MR) is 82.2 cm³/mol. The molecule has 1 aromatic heterocycles. The second kappa shape index (κ2) is 6.01. The van der Waals surface area contributed by atoms with Gasteiger partial charge in [-0.25, -0.2) is 9.97 Å². The van der Waals surface area contributed by atoms with Crippen LogP contribution in [0.15, 0.2) is 24.5 Å². The Morgan fingerprint density at radius 2 is 2.05 bits per heavy atom. The van der Waals surface area contributed by atoms with Crippen molar-refractivity contribution in [2.45, 2.75) is 32.2 Å². The number of benzene rings is 1. The number of non-ortho nitro benzene ring substituents is 1. The van der Waals surface area contributed by atoms with E-state index in [-0.39, 0.29) is 11.2 Å². The summed E-state index contributed by atoms with van der Waals surface area (Å²) in [6, 6.07) is 4.54. The van der Waals surface area contributed by atoms with Crippen LogP contribution in [0.2, 0.25) is 0 Å². The van der Waals surface area contributed by atoms with Crippen molar-refractivity contribution in [1.29, 1.82) is 0 Å². The van der Waals surface area contributed by atoms with Gasteiger partial charge in [0.15, 0.2) is 0 Å². The molecule has 112 valence electrons. The average Bonchev–Trinajstić information content (AvgIpc) is 2.51.